The first-order valence-electron chi connectivity index (χ1n) is 6.34. The predicted octanol–water partition coefficient (Wildman–Crippen LogP) is 3.05. The summed E-state index contributed by atoms with van der Waals surface area (Å²) in [4.78, 5) is 14.3. The summed E-state index contributed by atoms with van der Waals surface area (Å²) in [5, 5.41) is 0. The molecule has 1 aliphatic rings. The van der Waals surface area contributed by atoms with Crippen molar-refractivity contribution in [2.45, 2.75) is 20.4 Å². The number of amides is 1. The summed E-state index contributed by atoms with van der Waals surface area (Å²) >= 11 is 0. The fourth-order valence-corrected chi connectivity index (χ4v) is 2.70. The molecule has 0 saturated heterocycles. The molecule has 2 N–H and O–H groups in total. The van der Waals surface area contributed by atoms with Gasteiger partial charge in [0.1, 0.15) is 0 Å². The van der Waals surface area contributed by atoms with Gasteiger partial charge in [0.05, 0.1) is 12.1 Å². The molecule has 0 aliphatic carbocycles. The zero-order chi connectivity index (χ0) is 13.6. The number of hydrogen-bond acceptors (Lipinski definition) is 2. The Morgan fingerprint density at radius 1 is 1.11 bits per heavy atom. The van der Waals surface area contributed by atoms with Gasteiger partial charge in [-0.3, -0.25) is 4.79 Å². The first-order valence-corrected chi connectivity index (χ1v) is 6.34. The highest BCUT2D eigenvalue weighted by molar-refractivity contribution is 6.13. The van der Waals surface area contributed by atoms with Crippen molar-refractivity contribution in [2.24, 2.45) is 0 Å². The highest BCUT2D eigenvalue weighted by Crippen LogP contribution is 2.32. The van der Waals surface area contributed by atoms with Gasteiger partial charge in [0.25, 0.3) is 5.91 Å². The summed E-state index contributed by atoms with van der Waals surface area (Å²) < 4.78 is 0. The third-order valence-corrected chi connectivity index (χ3v) is 3.49. The lowest BCUT2D eigenvalue weighted by molar-refractivity contribution is 0.0997. The highest BCUT2D eigenvalue weighted by atomic mass is 16.2. The lowest BCUT2D eigenvalue weighted by Crippen LogP contribution is -2.23. The number of nitrogens with two attached hydrogens (primary N) is 1. The second-order valence-corrected chi connectivity index (χ2v) is 5.12. The van der Waals surface area contributed by atoms with Crippen molar-refractivity contribution >= 4 is 17.3 Å². The van der Waals surface area contributed by atoms with Crippen LogP contribution in [-0.2, 0) is 6.54 Å². The van der Waals surface area contributed by atoms with Gasteiger partial charge in [-0.25, -0.2) is 0 Å². The van der Waals surface area contributed by atoms with Crippen molar-refractivity contribution in [3.05, 3.63) is 58.7 Å². The van der Waals surface area contributed by atoms with Crippen LogP contribution < -0.4 is 10.6 Å². The number of nitrogens with zero attached hydrogens (tertiary/aromatic N) is 1. The predicted molar refractivity (Wildman–Crippen MR) is 77.3 cm³/mol. The lowest BCUT2D eigenvalue weighted by atomic mass is 10.1. The maximum atomic E-state index is 12.5. The van der Waals surface area contributed by atoms with E-state index in [-0.39, 0.29) is 5.91 Å². The molecule has 1 amide bonds. The van der Waals surface area contributed by atoms with Crippen LogP contribution in [-0.4, -0.2) is 5.91 Å². The van der Waals surface area contributed by atoms with Gasteiger partial charge < -0.3 is 10.6 Å². The van der Waals surface area contributed by atoms with Crippen LogP contribution in [0.1, 0.15) is 27.0 Å². The molecule has 96 valence electrons. The minimum atomic E-state index is -0.00176. The molecule has 1 heterocycles. The van der Waals surface area contributed by atoms with Crippen molar-refractivity contribution in [2.75, 3.05) is 10.6 Å². The van der Waals surface area contributed by atoms with Gasteiger partial charge in [0, 0.05) is 11.4 Å². The van der Waals surface area contributed by atoms with Crippen LogP contribution in [0.3, 0.4) is 0 Å². The molecule has 2 aromatic carbocycles. The fraction of sp³-hybridized carbons (Fsp3) is 0.188. The monoisotopic (exact) mass is 252 g/mol. The first-order chi connectivity index (χ1) is 9.06. The fourth-order valence-electron chi connectivity index (χ4n) is 2.70. The molecule has 0 fully saturated rings. The molecule has 0 aromatic heterocycles. The van der Waals surface area contributed by atoms with Crippen molar-refractivity contribution < 1.29 is 4.79 Å². The van der Waals surface area contributed by atoms with Gasteiger partial charge in [-0.15, -0.1) is 0 Å². The summed E-state index contributed by atoms with van der Waals surface area (Å²) in [6.45, 7) is 4.68. The normalized spacial score (nSPS) is 13.8. The molecule has 0 unspecified atom stereocenters. The maximum absolute atomic E-state index is 12.5. The standard InChI is InChI=1S/C16H16N2O/c1-10-6-11(2)8-13(7-10)18-9-12-4-3-5-14(17)15(12)16(18)19/h3-8H,9,17H2,1-2H3. The van der Waals surface area contributed by atoms with E-state index in [1.54, 1.807) is 11.0 Å². The Balaban J connectivity index is 2.06. The SMILES string of the molecule is Cc1cc(C)cc(N2Cc3cccc(N)c3C2=O)c1. The van der Waals surface area contributed by atoms with E-state index in [4.69, 9.17) is 5.73 Å². The third kappa shape index (κ3) is 1.87. The average molecular weight is 252 g/mol. The molecule has 0 atom stereocenters. The number of carbonyl (C=O) groups excluding carboxylic acids is 1. The van der Waals surface area contributed by atoms with Crippen molar-refractivity contribution in [1.29, 1.82) is 0 Å². The molecular weight excluding hydrogens is 236 g/mol. The lowest BCUT2D eigenvalue weighted by Gasteiger charge is -2.17. The summed E-state index contributed by atoms with van der Waals surface area (Å²) in [5.74, 6) is -0.00176. The Kier molecular flexibility index (Phi) is 2.56. The summed E-state index contributed by atoms with van der Waals surface area (Å²) in [6.07, 6.45) is 0. The van der Waals surface area contributed by atoms with Crippen molar-refractivity contribution in [1.82, 2.24) is 0 Å². The Labute approximate surface area is 112 Å². The Morgan fingerprint density at radius 2 is 1.79 bits per heavy atom. The first kappa shape index (κ1) is 11.8. The Bertz CT molecular complexity index is 656. The number of hydrogen-bond donors (Lipinski definition) is 1. The van der Waals surface area contributed by atoms with E-state index in [0.717, 1.165) is 22.4 Å². The topological polar surface area (TPSA) is 46.3 Å². The molecular formula is C16H16N2O. The molecule has 0 spiro atoms. The Hall–Kier alpha value is -2.29. The largest absolute Gasteiger partial charge is 0.398 e. The van der Waals surface area contributed by atoms with Crippen LogP contribution in [0.4, 0.5) is 11.4 Å². The second kappa shape index (κ2) is 4.12. The van der Waals surface area contributed by atoms with Crippen LogP contribution in [0.5, 0.6) is 0 Å². The summed E-state index contributed by atoms with van der Waals surface area (Å²) in [7, 11) is 0. The zero-order valence-corrected chi connectivity index (χ0v) is 11.1. The molecule has 19 heavy (non-hydrogen) atoms. The van der Waals surface area contributed by atoms with Gasteiger partial charge >= 0.3 is 0 Å². The van der Waals surface area contributed by atoms with E-state index in [2.05, 4.69) is 6.07 Å². The van der Waals surface area contributed by atoms with Crippen LogP contribution in [0.15, 0.2) is 36.4 Å². The minimum absolute atomic E-state index is 0.00176. The molecule has 1 aliphatic heterocycles. The number of carbonyl (C=O) groups is 1. The number of fused-ring (bicyclic) bond motifs is 1. The van der Waals surface area contributed by atoms with E-state index in [9.17, 15) is 4.79 Å². The highest BCUT2D eigenvalue weighted by Gasteiger charge is 2.30. The van der Waals surface area contributed by atoms with Gasteiger partial charge in [-0.1, -0.05) is 18.2 Å². The number of anilines is 2. The molecule has 3 rings (SSSR count). The second-order valence-electron chi connectivity index (χ2n) is 5.12. The van der Waals surface area contributed by atoms with Gasteiger partial charge in [0.2, 0.25) is 0 Å². The smallest absolute Gasteiger partial charge is 0.261 e. The number of nitrogen functional groups attached to an aromatic ring is 1. The summed E-state index contributed by atoms with van der Waals surface area (Å²) in [6, 6.07) is 11.8. The number of rotatable bonds is 1. The third-order valence-electron chi connectivity index (χ3n) is 3.49. The molecule has 0 bridgehead atoms. The van der Waals surface area contributed by atoms with Gasteiger partial charge in [-0.2, -0.15) is 0 Å². The molecule has 3 nitrogen and oxygen atoms in total. The van der Waals surface area contributed by atoms with Crippen molar-refractivity contribution in [3.63, 3.8) is 0 Å². The zero-order valence-electron chi connectivity index (χ0n) is 11.1. The van der Waals surface area contributed by atoms with E-state index < -0.39 is 0 Å². The van der Waals surface area contributed by atoms with Crippen LogP contribution in [0.2, 0.25) is 0 Å². The van der Waals surface area contributed by atoms with E-state index in [1.807, 2.05) is 38.1 Å². The van der Waals surface area contributed by atoms with Gasteiger partial charge in [0.15, 0.2) is 0 Å². The van der Waals surface area contributed by atoms with E-state index in [0.29, 0.717) is 17.8 Å². The maximum Gasteiger partial charge on any atom is 0.261 e. The quantitative estimate of drug-likeness (QED) is 0.793. The molecule has 0 saturated carbocycles. The molecule has 2 aromatic rings. The van der Waals surface area contributed by atoms with Crippen LogP contribution in [0.25, 0.3) is 0 Å². The van der Waals surface area contributed by atoms with Crippen LogP contribution >= 0.6 is 0 Å². The average Bonchev–Trinajstić information content (AvgIpc) is 2.67. The number of benzene rings is 2. The Morgan fingerprint density at radius 3 is 2.42 bits per heavy atom. The van der Waals surface area contributed by atoms with E-state index >= 15 is 0 Å². The van der Waals surface area contributed by atoms with Gasteiger partial charge in [-0.05, 0) is 48.7 Å². The molecule has 3 heteroatoms. The van der Waals surface area contributed by atoms with Crippen molar-refractivity contribution in [3.8, 4) is 0 Å². The number of aryl methyl sites for hydroxylation is 2. The minimum Gasteiger partial charge on any atom is -0.398 e. The molecule has 0 radical (unpaired) electrons. The summed E-state index contributed by atoms with van der Waals surface area (Å²) in [5.41, 5.74) is 11.4. The van der Waals surface area contributed by atoms with Crippen LogP contribution in [0, 0.1) is 13.8 Å². The van der Waals surface area contributed by atoms with E-state index in [1.165, 1.54) is 0 Å².